The second-order valence-electron chi connectivity index (χ2n) is 5.30. The van der Waals surface area contributed by atoms with Gasteiger partial charge in [0.25, 0.3) is 0 Å². The average molecular weight is 313 g/mol. The van der Waals surface area contributed by atoms with E-state index in [0.717, 1.165) is 30.6 Å². The highest BCUT2D eigenvalue weighted by Gasteiger charge is 2.06. The lowest BCUT2D eigenvalue weighted by atomic mass is 10.1. The molecule has 0 radical (unpaired) electrons. The molecule has 0 amide bonds. The summed E-state index contributed by atoms with van der Waals surface area (Å²) in [7, 11) is 1.90. The van der Waals surface area contributed by atoms with Crippen LogP contribution in [0, 0.1) is 0 Å². The van der Waals surface area contributed by atoms with Gasteiger partial charge in [0, 0.05) is 13.6 Å². The van der Waals surface area contributed by atoms with Gasteiger partial charge in [-0.05, 0) is 41.0 Å². The number of rotatable bonds is 6. The fraction of sp³-hybridized carbons (Fsp3) is 0.278. The van der Waals surface area contributed by atoms with Crippen molar-refractivity contribution in [3.8, 4) is 0 Å². The molecule has 0 unspecified atom stereocenters. The van der Waals surface area contributed by atoms with Gasteiger partial charge in [-0.1, -0.05) is 56.3 Å². The zero-order chi connectivity index (χ0) is 15.9. The van der Waals surface area contributed by atoms with Gasteiger partial charge in [-0.2, -0.15) is 0 Å². The summed E-state index contributed by atoms with van der Waals surface area (Å²) in [6, 6.07) is 14.6. The van der Waals surface area contributed by atoms with Crippen molar-refractivity contribution in [3.63, 3.8) is 0 Å². The van der Waals surface area contributed by atoms with Crippen molar-refractivity contribution < 1.29 is 0 Å². The second-order valence-corrected chi connectivity index (χ2v) is 5.68. The van der Waals surface area contributed by atoms with Gasteiger partial charge in [0.15, 0.2) is 5.11 Å². The molecule has 0 heterocycles. The Labute approximate surface area is 138 Å². The summed E-state index contributed by atoms with van der Waals surface area (Å²) in [4.78, 5) is 0. The Morgan fingerprint density at radius 3 is 2.64 bits per heavy atom. The SMILES string of the molecule is C=C(NN(C)C(=S)NCCCC)c1ccc2ccccc2c1. The van der Waals surface area contributed by atoms with E-state index in [1.807, 2.05) is 19.2 Å². The van der Waals surface area contributed by atoms with Gasteiger partial charge in [-0.15, -0.1) is 0 Å². The molecule has 22 heavy (non-hydrogen) atoms. The van der Waals surface area contributed by atoms with Crippen LogP contribution in [0.5, 0.6) is 0 Å². The largest absolute Gasteiger partial charge is 0.361 e. The van der Waals surface area contributed by atoms with Crippen LogP contribution < -0.4 is 10.7 Å². The van der Waals surface area contributed by atoms with Crippen LogP contribution in [-0.2, 0) is 0 Å². The maximum Gasteiger partial charge on any atom is 0.187 e. The number of unbranched alkanes of at least 4 members (excludes halogenated alkanes) is 1. The number of hydrazine groups is 1. The highest BCUT2D eigenvalue weighted by atomic mass is 32.1. The van der Waals surface area contributed by atoms with Crippen molar-refractivity contribution in [2.75, 3.05) is 13.6 Å². The maximum atomic E-state index is 5.35. The second kappa shape index (κ2) is 7.80. The first kappa shape index (κ1) is 16.3. The molecule has 2 N–H and O–H groups in total. The highest BCUT2D eigenvalue weighted by molar-refractivity contribution is 7.80. The molecule has 116 valence electrons. The third kappa shape index (κ3) is 4.21. The van der Waals surface area contributed by atoms with Crippen LogP contribution >= 0.6 is 12.2 Å². The number of hydrogen-bond donors (Lipinski definition) is 2. The predicted molar refractivity (Wildman–Crippen MR) is 99.4 cm³/mol. The molecule has 0 aliphatic carbocycles. The van der Waals surface area contributed by atoms with E-state index in [1.165, 1.54) is 10.8 Å². The Bertz CT molecular complexity index is 666. The molecule has 0 aliphatic rings. The van der Waals surface area contributed by atoms with Crippen LogP contribution in [0.3, 0.4) is 0 Å². The van der Waals surface area contributed by atoms with E-state index in [9.17, 15) is 0 Å². The summed E-state index contributed by atoms with van der Waals surface area (Å²) in [6.07, 6.45) is 2.26. The lowest BCUT2D eigenvalue weighted by Crippen LogP contribution is -2.44. The number of fused-ring (bicyclic) bond motifs is 1. The molecule has 0 fully saturated rings. The molecular formula is C18H23N3S. The monoisotopic (exact) mass is 313 g/mol. The first-order valence-electron chi connectivity index (χ1n) is 7.58. The molecule has 0 atom stereocenters. The van der Waals surface area contributed by atoms with E-state index in [4.69, 9.17) is 12.2 Å². The van der Waals surface area contributed by atoms with Crippen molar-refractivity contribution in [3.05, 3.63) is 54.6 Å². The standard InChI is InChI=1S/C18H23N3S/c1-4-5-12-19-18(22)21(3)20-14(2)16-11-10-15-8-6-7-9-17(15)13-16/h6-11,13,20H,2,4-5,12H2,1,3H3,(H,19,22). The highest BCUT2D eigenvalue weighted by Crippen LogP contribution is 2.19. The van der Waals surface area contributed by atoms with Gasteiger partial charge < -0.3 is 5.32 Å². The first-order chi connectivity index (χ1) is 10.6. The molecule has 4 heteroatoms. The van der Waals surface area contributed by atoms with Gasteiger partial charge in [-0.25, -0.2) is 0 Å². The summed E-state index contributed by atoms with van der Waals surface area (Å²) >= 11 is 5.35. The molecule has 2 rings (SSSR count). The molecule has 0 aromatic heterocycles. The van der Waals surface area contributed by atoms with Crippen molar-refractivity contribution in [2.24, 2.45) is 0 Å². The van der Waals surface area contributed by atoms with Crippen molar-refractivity contribution in [2.45, 2.75) is 19.8 Å². The lowest BCUT2D eigenvalue weighted by molar-refractivity contribution is 0.436. The van der Waals surface area contributed by atoms with Crippen LogP contribution in [0.1, 0.15) is 25.3 Å². The Balaban J connectivity index is 1.99. The Morgan fingerprint density at radius 2 is 1.91 bits per heavy atom. The summed E-state index contributed by atoms with van der Waals surface area (Å²) in [5, 5.41) is 8.12. The quantitative estimate of drug-likeness (QED) is 0.480. The Hall–Kier alpha value is -2.07. The number of nitrogens with zero attached hydrogens (tertiary/aromatic N) is 1. The van der Waals surface area contributed by atoms with E-state index >= 15 is 0 Å². The predicted octanol–water partition coefficient (Wildman–Crippen LogP) is 3.92. The van der Waals surface area contributed by atoms with E-state index in [0.29, 0.717) is 5.11 Å². The smallest absolute Gasteiger partial charge is 0.187 e. The summed E-state index contributed by atoms with van der Waals surface area (Å²) in [5.41, 5.74) is 5.11. The topological polar surface area (TPSA) is 27.3 Å². The van der Waals surface area contributed by atoms with E-state index < -0.39 is 0 Å². The molecule has 0 aliphatic heterocycles. The van der Waals surface area contributed by atoms with Crippen LogP contribution in [0.2, 0.25) is 0 Å². The third-order valence-corrected chi connectivity index (χ3v) is 3.93. The van der Waals surface area contributed by atoms with Gasteiger partial charge in [0.2, 0.25) is 0 Å². The fourth-order valence-corrected chi connectivity index (χ4v) is 2.33. The Morgan fingerprint density at radius 1 is 1.18 bits per heavy atom. The minimum absolute atomic E-state index is 0.676. The first-order valence-corrected chi connectivity index (χ1v) is 7.99. The molecule has 0 spiro atoms. The average Bonchev–Trinajstić information content (AvgIpc) is 2.54. The van der Waals surface area contributed by atoms with Crippen molar-refractivity contribution >= 4 is 33.8 Å². The summed E-state index contributed by atoms with van der Waals surface area (Å²) in [5.74, 6) is 0. The number of hydrogen-bond acceptors (Lipinski definition) is 2. The fourth-order valence-electron chi connectivity index (χ4n) is 2.19. The van der Waals surface area contributed by atoms with Crippen LogP contribution in [0.25, 0.3) is 16.5 Å². The van der Waals surface area contributed by atoms with Gasteiger partial charge >= 0.3 is 0 Å². The van der Waals surface area contributed by atoms with Crippen LogP contribution in [-0.4, -0.2) is 23.7 Å². The number of nitrogens with one attached hydrogen (secondary N) is 2. The van der Waals surface area contributed by atoms with E-state index in [2.05, 4.69) is 54.6 Å². The molecule has 3 nitrogen and oxygen atoms in total. The molecule has 0 saturated heterocycles. The van der Waals surface area contributed by atoms with Crippen molar-refractivity contribution in [1.82, 2.24) is 15.8 Å². The minimum Gasteiger partial charge on any atom is -0.361 e. The van der Waals surface area contributed by atoms with Crippen LogP contribution in [0.15, 0.2) is 49.0 Å². The van der Waals surface area contributed by atoms with Crippen LogP contribution in [0.4, 0.5) is 0 Å². The zero-order valence-corrected chi connectivity index (χ0v) is 14.0. The molecule has 2 aromatic carbocycles. The third-order valence-electron chi connectivity index (χ3n) is 3.51. The Kier molecular flexibility index (Phi) is 5.78. The number of thiocarbonyl (C=S) groups is 1. The van der Waals surface area contributed by atoms with E-state index in [1.54, 1.807) is 5.01 Å². The molecule has 0 saturated carbocycles. The zero-order valence-electron chi connectivity index (χ0n) is 13.2. The van der Waals surface area contributed by atoms with Gasteiger partial charge in [0.1, 0.15) is 0 Å². The maximum absolute atomic E-state index is 5.35. The summed E-state index contributed by atoms with van der Waals surface area (Å²) in [6.45, 7) is 7.16. The van der Waals surface area contributed by atoms with E-state index in [-0.39, 0.29) is 0 Å². The molecular weight excluding hydrogens is 290 g/mol. The normalized spacial score (nSPS) is 10.3. The minimum atomic E-state index is 0.676. The van der Waals surface area contributed by atoms with Gasteiger partial charge in [0.05, 0.1) is 5.70 Å². The number of benzene rings is 2. The van der Waals surface area contributed by atoms with Crippen molar-refractivity contribution in [1.29, 1.82) is 0 Å². The van der Waals surface area contributed by atoms with Gasteiger partial charge in [-0.3, -0.25) is 10.4 Å². The lowest BCUT2D eigenvalue weighted by Gasteiger charge is -2.24. The molecule has 2 aromatic rings. The summed E-state index contributed by atoms with van der Waals surface area (Å²) < 4.78 is 0. The molecule has 0 bridgehead atoms.